The Bertz CT molecular complexity index is 408. The van der Waals surface area contributed by atoms with E-state index in [1.165, 1.54) is 32.2 Å². The van der Waals surface area contributed by atoms with Gasteiger partial charge in [0.25, 0.3) is 0 Å². The van der Waals surface area contributed by atoms with Crippen molar-refractivity contribution in [1.29, 1.82) is 0 Å². The molecule has 0 saturated carbocycles. The Hall–Kier alpha value is -0.820. The van der Waals surface area contributed by atoms with Crippen LogP contribution >= 0.6 is 0 Å². The second kappa shape index (κ2) is 4.45. The molecule has 1 N–H and O–H groups in total. The molecule has 0 spiro atoms. The summed E-state index contributed by atoms with van der Waals surface area (Å²) in [7, 11) is 0. The number of hydrogen-bond acceptors (Lipinski definition) is 1. The van der Waals surface area contributed by atoms with E-state index in [9.17, 15) is 0 Å². The summed E-state index contributed by atoms with van der Waals surface area (Å²) in [6, 6.07) is 7.56. The fourth-order valence-electron chi connectivity index (χ4n) is 3.62. The fourth-order valence-corrected chi connectivity index (χ4v) is 3.62. The average molecular weight is 229 g/mol. The molecule has 2 unspecified atom stereocenters. The van der Waals surface area contributed by atoms with Crippen molar-refractivity contribution in [2.24, 2.45) is 5.92 Å². The average Bonchev–Trinajstić information content (AvgIpc) is 2.33. The molecule has 92 valence electrons. The van der Waals surface area contributed by atoms with Crippen molar-refractivity contribution < 1.29 is 0 Å². The van der Waals surface area contributed by atoms with E-state index < -0.39 is 0 Å². The van der Waals surface area contributed by atoms with Gasteiger partial charge in [0.15, 0.2) is 0 Å². The van der Waals surface area contributed by atoms with Crippen LogP contribution in [0.15, 0.2) is 18.2 Å². The maximum absolute atomic E-state index is 3.77. The lowest BCUT2D eigenvalue weighted by atomic mass is 9.75. The third-order valence-electron chi connectivity index (χ3n) is 4.33. The molecule has 2 aliphatic rings. The van der Waals surface area contributed by atoms with Gasteiger partial charge in [0, 0.05) is 12.6 Å². The highest BCUT2D eigenvalue weighted by Crippen LogP contribution is 2.40. The maximum atomic E-state index is 3.77. The molecule has 1 aliphatic heterocycles. The Kier molecular flexibility index (Phi) is 2.96. The van der Waals surface area contributed by atoms with Gasteiger partial charge in [0.05, 0.1) is 0 Å². The van der Waals surface area contributed by atoms with Gasteiger partial charge in [-0.2, -0.15) is 0 Å². The van der Waals surface area contributed by atoms with Crippen molar-refractivity contribution in [3.63, 3.8) is 0 Å². The third-order valence-corrected chi connectivity index (χ3v) is 4.33. The Morgan fingerprint density at radius 3 is 3.06 bits per heavy atom. The molecule has 1 heteroatoms. The quantitative estimate of drug-likeness (QED) is 0.813. The van der Waals surface area contributed by atoms with Crippen LogP contribution in [0, 0.1) is 5.92 Å². The first-order valence-corrected chi connectivity index (χ1v) is 7.10. The topological polar surface area (TPSA) is 12.0 Å². The van der Waals surface area contributed by atoms with E-state index in [1.54, 1.807) is 16.7 Å². The summed E-state index contributed by atoms with van der Waals surface area (Å²) in [6.45, 7) is 5.84. The number of rotatable bonds is 2. The number of aryl methyl sites for hydroxylation is 1. The molecule has 1 aromatic carbocycles. The molecule has 1 heterocycles. The van der Waals surface area contributed by atoms with Gasteiger partial charge in [-0.15, -0.1) is 0 Å². The molecule has 0 fully saturated rings. The predicted molar refractivity (Wildman–Crippen MR) is 72.3 cm³/mol. The molecule has 1 aliphatic carbocycles. The Morgan fingerprint density at radius 1 is 1.35 bits per heavy atom. The molecule has 1 nitrogen and oxygen atoms in total. The highest BCUT2D eigenvalue weighted by molar-refractivity contribution is 5.43. The van der Waals surface area contributed by atoms with E-state index in [0.29, 0.717) is 6.04 Å². The standard InChI is InChI=1S/C16H23N/c1-11(2)9-15-14-8-4-6-12-5-3-7-13(10-17-15)16(12)14/h4,6,8,11,13,15,17H,3,5,7,9-10H2,1-2H3. The molecular formula is C16H23N. The summed E-state index contributed by atoms with van der Waals surface area (Å²) in [5, 5.41) is 3.77. The minimum absolute atomic E-state index is 0.597. The first-order chi connectivity index (χ1) is 8.25. The molecule has 0 radical (unpaired) electrons. The van der Waals surface area contributed by atoms with E-state index in [0.717, 1.165) is 11.8 Å². The number of nitrogens with one attached hydrogen (secondary N) is 1. The van der Waals surface area contributed by atoms with Gasteiger partial charge in [-0.05, 0) is 54.2 Å². The third kappa shape index (κ3) is 2.01. The van der Waals surface area contributed by atoms with E-state index in [4.69, 9.17) is 0 Å². The summed E-state index contributed by atoms with van der Waals surface area (Å²) < 4.78 is 0. The molecule has 17 heavy (non-hydrogen) atoms. The van der Waals surface area contributed by atoms with Crippen LogP contribution in [0.25, 0.3) is 0 Å². The van der Waals surface area contributed by atoms with Gasteiger partial charge in [-0.3, -0.25) is 0 Å². The van der Waals surface area contributed by atoms with Crippen LogP contribution in [0.3, 0.4) is 0 Å². The molecule has 0 bridgehead atoms. The molecule has 0 amide bonds. The van der Waals surface area contributed by atoms with Crippen molar-refractivity contribution in [1.82, 2.24) is 5.32 Å². The number of benzene rings is 1. The summed E-state index contributed by atoms with van der Waals surface area (Å²) in [4.78, 5) is 0. The van der Waals surface area contributed by atoms with Crippen molar-refractivity contribution in [2.45, 2.75) is 51.5 Å². The maximum Gasteiger partial charge on any atom is 0.0325 e. The van der Waals surface area contributed by atoms with Crippen LogP contribution in [-0.4, -0.2) is 6.54 Å². The zero-order chi connectivity index (χ0) is 11.8. The van der Waals surface area contributed by atoms with Crippen LogP contribution in [0.4, 0.5) is 0 Å². The number of hydrogen-bond donors (Lipinski definition) is 1. The van der Waals surface area contributed by atoms with Crippen molar-refractivity contribution in [3.8, 4) is 0 Å². The lowest BCUT2D eigenvalue weighted by Gasteiger charge is -2.37. The minimum atomic E-state index is 0.597. The van der Waals surface area contributed by atoms with Crippen molar-refractivity contribution in [3.05, 3.63) is 34.9 Å². The van der Waals surface area contributed by atoms with Crippen molar-refractivity contribution >= 4 is 0 Å². The summed E-state index contributed by atoms with van der Waals surface area (Å²) in [6.07, 6.45) is 5.32. The van der Waals surface area contributed by atoms with Gasteiger partial charge in [0.1, 0.15) is 0 Å². The molecular weight excluding hydrogens is 206 g/mol. The molecule has 3 rings (SSSR count). The Morgan fingerprint density at radius 2 is 2.24 bits per heavy atom. The van der Waals surface area contributed by atoms with Gasteiger partial charge >= 0.3 is 0 Å². The lowest BCUT2D eigenvalue weighted by Crippen LogP contribution is -2.35. The first-order valence-electron chi connectivity index (χ1n) is 7.10. The van der Waals surface area contributed by atoms with E-state index in [2.05, 4.69) is 37.4 Å². The van der Waals surface area contributed by atoms with Gasteiger partial charge in [0.2, 0.25) is 0 Å². The van der Waals surface area contributed by atoms with Crippen LogP contribution in [-0.2, 0) is 6.42 Å². The zero-order valence-electron chi connectivity index (χ0n) is 11.0. The molecule has 1 aromatic rings. The van der Waals surface area contributed by atoms with Crippen molar-refractivity contribution in [2.75, 3.05) is 6.54 Å². The Balaban J connectivity index is 2.00. The monoisotopic (exact) mass is 229 g/mol. The molecule has 2 atom stereocenters. The van der Waals surface area contributed by atoms with Gasteiger partial charge < -0.3 is 5.32 Å². The second-order valence-electron chi connectivity index (χ2n) is 6.10. The van der Waals surface area contributed by atoms with Crippen LogP contribution < -0.4 is 5.32 Å². The lowest BCUT2D eigenvalue weighted by molar-refractivity contribution is 0.370. The molecule has 0 saturated heterocycles. The summed E-state index contributed by atoms with van der Waals surface area (Å²) in [5.74, 6) is 1.56. The van der Waals surface area contributed by atoms with Gasteiger partial charge in [-0.1, -0.05) is 32.0 Å². The largest absolute Gasteiger partial charge is 0.309 e. The fraction of sp³-hybridized carbons (Fsp3) is 0.625. The van der Waals surface area contributed by atoms with E-state index in [-0.39, 0.29) is 0 Å². The molecule has 0 aromatic heterocycles. The first kappa shape index (κ1) is 11.3. The van der Waals surface area contributed by atoms with Crippen LogP contribution in [0.5, 0.6) is 0 Å². The zero-order valence-corrected chi connectivity index (χ0v) is 11.0. The normalized spacial score (nSPS) is 27.0. The highest BCUT2D eigenvalue weighted by Gasteiger charge is 2.30. The van der Waals surface area contributed by atoms with Crippen LogP contribution in [0.1, 0.15) is 61.8 Å². The summed E-state index contributed by atoms with van der Waals surface area (Å²) in [5.41, 5.74) is 4.95. The SMILES string of the molecule is CC(C)CC1NCC2CCCc3cccc1c32. The summed E-state index contributed by atoms with van der Waals surface area (Å²) >= 11 is 0. The van der Waals surface area contributed by atoms with Gasteiger partial charge in [-0.25, -0.2) is 0 Å². The minimum Gasteiger partial charge on any atom is -0.309 e. The predicted octanol–water partition coefficient (Wildman–Crippen LogP) is 3.80. The van der Waals surface area contributed by atoms with Crippen LogP contribution in [0.2, 0.25) is 0 Å². The highest BCUT2D eigenvalue weighted by atomic mass is 14.9. The second-order valence-corrected chi connectivity index (χ2v) is 6.10. The van der Waals surface area contributed by atoms with E-state index in [1.807, 2.05) is 0 Å². The Labute approximate surface area is 105 Å². The smallest absolute Gasteiger partial charge is 0.0325 e. The van der Waals surface area contributed by atoms with E-state index >= 15 is 0 Å².